The van der Waals surface area contributed by atoms with Crippen molar-refractivity contribution in [3.8, 4) is 11.5 Å². The highest BCUT2D eigenvalue weighted by molar-refractivity contribution is 6.00. The summed E-state index contributed by atoms with van der Waals surface area (Å²) in [6, 6.07) is 21.5. The number of H-pyrrole nitrogens is 2. The van der Waals surface area contributed by atoms with E-state index in [1.807, 2.05) is 114 Å². The summed E-state index contributed by atoms with van der Waals surface area (Å²) in [5, 5.41) is 6.82. The number of amides is 3. The lowest BCUT2D eigenvalue weighted by Gasteiger charge is -2.20. The first-order valence-corrected chi connectivity index (χ1v) is 18.3. The number of alkyl halides is 3. The molecule has 304 valence electrons. The number of carbonyl (C=O) groups excluding carboxylic acids is 4. The zero-order valence-electron chi connectivity index (χ0n) is 33.4. The molecule has 0 fully saturated rings. The largest absolute Gasteiger partial charge is 0.484 e. The molecule has 3 amide bonds. The Labute approximate surface area is 327 Å². The molecule has 0 saturated heterocycles. The average molecular weight is 782 g/mol. The van der Waals surface area contributed by atoms with Gasteiger partial charge in [-0.1, -0.05) is 107 Å². The number of benzene rings is 2. The fourth-order valence-corrected chi connectivity index (χ4v) is 4.79. The van der Waals surface area contributed by atoms with Crippen molar-refractivity contribution in [2.75, 3.05) is 20.1 Å². The van der Waals surface area contributed by atoms with E-state index in [1.165, 1.54) is 20.0 Å². The van der Waals surface area contributed by atoms with Crippen LogP contribution < -0.4 is 25.4 Å². The SMILES string of the molecule is C=C(/C=C\C)C(Oc1cc(C(=O)NCC)[nH]c1C(C)=O)c1ccccc1.CC.CC.CNC(=O)c1[nH]c(C(=O)NCC(F)(F)F)cc1OC(C)c1ccccc1. The molecule has 0 saturated carbocycles. The molecule has 56 heavy (non-hydrogen) atoms. The molecule has 0 spiro atoms. The van der Waals surface area contributed by atoms with Gasteiger partial charge in [0.25, 0.3) is 17.7 Å². The van der Waals surface area contributed by atoms with E-state index in [4.69, 9.17) is 9.47 Å². The zero-order chi connectivity index (χ0) is 42.4. The Bertz CT molecular complexity index is 1870. The van der Waals surface area contributed by atoms with Crippen LogP contribution in [0.2, 0.25) is 0 Å². The number of allylic oxidation sites excluding steroid dienone is 1. The van der Waals surface area contributed by atoms with E-state index >= 15 is 0 Å². The summed E-state index contributed by atoms with van der Waals surface area (Å²) in [6.07, 6.45) is -1.70. The molecule has 0 aliphatic carbocycles. The van der Waals surface area contributed by atoms with E-state index in [0.29, 0.717) is 12.3 Å². The standard InChI is InChI=1S/C21H24N2O3.C17H18F3N3O3.2C2H6/c1-5-10-14(3)20(16-11-8-7-9-12-16)26-18-13-17(21(25)22-6-2)23-19(18)15(4)24;1-10(11-6-4-3-5-7-11)26-13-8-12(23-14(13)16(25)21-2)15(24)22-9-17(18,19)20;2*1-2/h5,7-13,20,23H,3,6H2,1-2,4H3,(H,22,25);3-8,10,23H,9H2,1-2H3,(H,21,25)(H,22,24);2*1-2H3/b10-5-;;;. The normalized spacial score (nSPS) is 11.5. The molecule has 0 aliphatic heterocycles. The van der Waals surface area contributed by atoms with Gasteiger partial charge in [-0.05, 0) is 37.5 Å². The highest BCUT2D eigenvalue weighted by atomic mass is 19.4. The van der Waals surface area contributed by atoms with E-state index in [9.17, 15) is 32.3 Å². The van der Waals surface area contributed by atoms with Crippen molar-refractivity contribution in [2.24, 2.45) is 0 Å². The second-order valence-electron chi connectivity index (χ2n) is 11.3. The third-order valence-electron chi connectivity index (χ3n) is 7.28. The summed E-state index contributed by atoms with van der Waals surface area (Å²) in [4.78, 5) is 53.3. The van der Waals surface area contributed by atoms with Gasteiger partial charge in [0.1, 0.15) is 47.3 Å². The predicted octanol–water partition coefficient (Wildman–Crippen LogP) is 9.08. The minimum absolute atomic E-state index is 0.0487. The Hall–Kier alpha value is -6.05. The summed E-state index contributed by atoms with van der Waals surface area (Å²) < 4.78 is 48.6. The number of hydrogen-bond donors (Lipinski definition) is 5. The van der Waals surface area contributed by atoms with Crippen LogP contribution in [0.4, 0.5) is 13.2 Å². The maximum Gasteiger partial charge on any atom is 0.405 e. The molecule has 2 atom stereocenters. The van der Waals surface area contributed by atoms with E-state index in [-0.39, 0.29) is 40.2 Å². The quantitative estimate of drug-likeness (QED) is 0.0636. The molecule has 0 bridgehead atoms. The molecule has 4 aromatic rings. The fraction of sp³-hybridized carbons (Fsp3) is 0.333. The highest BCUT2D eigenvalue weighted by Gasteiger charge is 2.29. The van der Waals surface area contributed by atoms with Crippen LogP contribution in [0.15, 0.2) is 97.1 Å². The average Bonchev–Trinajstić information content (AvgIpc) is 3.83. The minimum atomic E-state index is -4.53. The van der Waals surface area contributed by atoms with Crippen LogP contribution in [0, 0.1) is 0 Å². The van der Waals surface area contributed by atoms with Gasteiger partial charge in [-0.2, -0.15) is 13.2 Å². The van der Waals surface area contributed by atoms with Crippen molar-refractivity contribution in [2.45, 2.75) is 73.8 Å². The molecule has 2 unspecified atom stereocenters. The zero-order valence-corrected chi connectivity index (χ0v) is 33.4. The first-order valence-electron chi connectivity index (χ1n) is 18.3. The van der Waals surface area contributed by atoms with Crippen molar-refractivity contribution in [3.05, 3.63) is 131 Å². The lowest BCUT2D eigenvalue weighted by Crippen LogP contribution is -2.34. The lowest BCUT2D eigenvalue weighted by molar-refractivity contribution is -0.123. The van der Waals surface area contributed by atoms with Gasteiger partial charge in [0, 0.05) is 32.6 Å². The van der Waals surface area contributed by atoms with Crippen LogP contribution in [-0.4, -0.2) is 59.8 Å². The van der Waals surface area contributed by atoms with Crippen molar-refractivity contribution in [1.29, 1.82) is 0 Å². The number of ether oxygens (including phenoxy) is 2. The maximum atomic E-state index is 12.2. The van der Waals surface area contributed by atoms with Gasteiger partial charge >= 0.3 is 6.18 Å². The summed E-state index contributed by atoms with van der Waals surface area (Å²) in [5.41, 5.74) is 2.78. The van der Waals surface area contributed by atoms with Crippen LogP contribution in [-0.2, 0) is 0 Å². The predicted molar refractivity (Wildman–Crippen MR) is 213 cm³/mol. The number of aromatic amines is 2. The molecule has 2 aromatic heterocycles. The number of hydrogen-bond acceptors (Lipinski definition) is 6. The molecular formula is C42H54F3N5O6. The number of carbonyl (C=O) groups is 4. The Morgan fingerprint density at radius 3 is 1.73 bits per heavy atom. The van der Waals surface area contributed by atoms with E-state index < -0.39 is 36.7 Å². The third-order valence-corrected chi connectivity index (χ3v) is 7.28. The Morgan fingerprint density at radius 1 is 0.786 bits per heavy atom. The van der Waals surface area contributed by atoms with Gasteiger partial charge in [-0.15, -0.1) is 0 Å². The van der Waals surface area contributed by atoms with Crippen LogP contribution >= 0.6 is 0 Å². The molecular weight excluding hydrogens is 727 g/mol. The molecule has 5 N–H and O–H groups in total. The molecule has 0 radical (unpaired) electrons. The Balaban J connectivity index is 0.000000514. The second kappa shape index (κ2) is 24.4. The Kier molecular flexibility index (Phi) is 20.9. The maximum absolute atomic E-state index is 12.2. The number of ketones is 1. The minimum Gasteiger partial charge on any atom is -0.484 e. The number of aromatic nitrogens is 2. The molecule has 2 aromatic carbocycles. The highest BCUT2D eigenvalue weighted by Crippen LogP contribution is 2.32. The van der Waals surface area contributed by atoms with Gasteiger partial charge in [0.2, 0.25) is 0 Å². The summed E-state index contributed by atoms with van der Waals surface area (Å²) in [5.74, 6) is -1.65. The van der Waals surface area contributed by atoms with Crippen molar-refractivity contribution >= 4 is 23.5 Å². The van der Waals surface area contributed by atoms with Gasteiger partial charge in [0.05, 0.1) is 0 Å². The number of rotatable bonds is 14. The van der Waals surface area contributed by atoms with E-state index in [0.717, 1.165) is 16.7 Å². The lowest BCUT2D eigenvalue weighted by atomic mass is 10.0. The van der Waals surface area contributed by atoms with Gasteiger partial charge in [-0.25, -0.2) is 0 Å². The first kappa shape index (κ1) is 48.0. The third kappa shape index (κ3) is 15.0. The van der Waals surface area contributed by atoms with E-state index in [1.54, 1.807) is 18.3 Å². The van der Waals surface area contributed by atoms with Gasteiger partial charge in [0.15, 0.2) is 11.5 Å². The van der Waals surface area contributed by atoms with Crippen LogP contribution in [0.5, 0.6) is 11.5 Å². The molecule has 14 heteroatoms. The Morgan fingerprint density at radius 2 is 1.27 bits per heavy atom. The van der Waals surface area contributed by atoms with Crippen molar-refractivity contribution in [3.63, 3.8) is 0 Å². The van der Waals surface area contributed by atoms with Gasteiger partial charge < -0.3 is 35.4 Å². The smallest absolute Gasteiger partial charge is 0.405 e. The molecule has 11 nitrogen and oxygen atoms in total. The molecule has 0 aliphatic rings. The topological polar surface area (TPSA) is 154 Å². The summed E-state index contributed by atoms with van der Waals surface area (Å²) in [7, 11) is 1.39. The first-order chi connectivity index (χ1) is 26.7. The van der Waals surface area contributed by atoms with Gasteiger partial charge in [-0.3, -0.25) is 19.2 Å². The monoisotopic (exact) mass is 781 g/mol. The summed E-state index contributed by atoms with van der Waals surface area (Å²) in [6.45, 7) is 18.0. The second-order valence-corrected chi connectivity index (χ2v) is 11.3. The fourth-order valence-electron chi connectivity index (χ4n) is 4.79. The number of halogens is 3. The van der Waals surface area contributed by atoms with E-state index in [2.05, 4.69) is 27.2 Å². The van der Waals surface area contributed by atoms with Crippen LogP contribution in [0.3, 0.4) is 0 Å². The molecule has 4 rings (SSSR count). The van der Waals surface area contributed by atoms with Crippen molar-refractivity contribution in [1.82, 2.24) is 25.9 Å². The number of Topliss-reactive ketones (excluding diaryl/α,β-unsaturated/α-hetero) is 1. The van der Waals surface area contributed by atoms with Crippen LogP contribution in [0.1, 0.15) is 121 Å². The number of nitrogens with one attached hydrogen (secondary N) is 5. The molecule has 2 heterocycles. The van der Waals surface area contributed by atoms with Crippen LogP contribution in [0.25, 0.3) is 0 Å². The summed E-state index contributed by atoms with van der Waals surface area (Å²) >= 11 is 0. The van der Waals surface area contributed by atoms with Crippen molar-refractivity contribution < 1.29 is 41.8 Å².